The van der Waals surface area contributed by atoms with Gasteiger partial charge in [-0.15, -0.1) is 11.3 Å². The van der Waals surface area contributed by atoms with Crippen LogP contribution in [-0.2, 0) is 6.42 Å². The Balaban J connectivity index is 2.86. The summed E-state index contributed by atoms with van der Waals surface area (Å²) in [4.78, 5) is 7.15. The summed E-state index contributed by atoms with van der Waals surface area (Å²) >= 11 is 1.78. The fraction of sp³-hybridized carbons (Fsp3) is 0.800. The van der Waals surface area contributed by atoms with Crippen molar-refractivity contribution >= 4 is 11.3 Å². The Morgan fingerprint density at radius 2 is 1.95 bits per heavy atom. The SMILES string of the molecule is CCNC(Cc1nc(C)cs1)C(C)(C)N(CC)CC. The number of likely N-dealkylation sites (N-methyl/N-ethyl adjacent to an activating group) is 2. The summed E-state index contributed by atoms with van der Waals surface area (Å²) in [7, 11) is 0. The van der Waals surface area contributed by atoms with Crippen molar-refractivity contribution in [2.24, 2.45) is 0 Å². The van der Waals surface area contributed by atoms with Gasteiger partial charge in [0.2, 0.25) is 0 Å². The van der Waals surface area contributed by atoms with E-state index in [-0.39, 0.29) is 5.54 Å². The monoisotopic (exact) mass is 283 g/mol. The Morgan fingerprint density at radius 1 is 1.32 bits per heavy atom. The van der Waals surface area contributed by atoms with E-state index in [1.165, 1.54) is 5.01 Å². The molecule has 0 saturated carbocycles. The third-order valence-corrected chi connectivity index (χ3v) is 4.92. The lowest BCUT2D eigenvalue weighted by molar-refractivity contribution is 0.0918. The molecule has 0 bridgehead atoms. The van der Waals surface area contributed by atoms with Crippen molar-refractivity contribution in [3.8, 4) is 0 Å². The molecule has 19 heavy (non-hydrogen) atoms. The highest BCUT2D eigenvalue weighted by atomic mass is 32.1. The molecule has 0 radical (unpaired) electrons. The van der Waals surface area contributed by atoms with Gasteiger partial charge < -0.3 is 5.32 Å². The van der Waals surface area contributed by atoms with Crippen LogP contribution in [0.3, 0.4) is 0 Å². The number of rotatable bonds is 8. The minimum Gasteiger partial charge on any atom is -0.312 e. The smallest absolute Gasteiger partial charge is 0.0944 e. The second-order valence-electron chi connectivity index (χ2n) is 5.52. The second-order valence-corrected chi connectivity index (χ2v) is 6.47. The number of hydrogen-bond donors (Lipinski definition) is 1. The van der Waals surface area contributed by atoms with Crippen molar-refractivity contribution in [2.45, 2.75) is 59.5 Å². The molecule has 0 aliphatic carbocycles. The van der Waals surface area contributed by atoms with Gasteiger partial charge in [0.05, 0.1) is 5.01 Å². The van der Waals surface area contributed by atoms with Gasteiger partial charge in [-0.1, -0.05) is 20.8 Å². The molecule has 0 aliphatic heterocycles. The standard InChI is InChI=1S/C15H29N3S/c1-7-16-13(10-14-17-12(4)11-19-14)15(5,6)18(8-2)9-3/h11,13,16H,7-10H2,1-6H3. The first-order valence-electron chi connectivity index (χ1n) is 7.35. The lowest BCUT2D eigenvalue weighted by Gasteiger charge is -2.43. The minimum atomic E-state index is 0.138. The molecule has 1 aromatic rings. The molecule has 1 aromatic heterocycles. The highest BCUT2D eigenvalue weighted by molar-refractivity contribution is 7.09. The topological polar surface area (TPSA) is 28.2 Å². The zero-order chi connectivity index (χ0) is 14.5. The Kier molecular flexibility index (Phi) is 6.43. The first-order valence-corrected chi connectivity index (χ1v) is 8.23. The summed E-state index contributed by atoms with van der Waals surface area (Å²) in [5.74, 6) is 0. The molecule has 0 amide bonds. The normalized spacial score (nSPS) is 14.1. The molecule has 0 spiro atoms. The molecule has 1 N–H and O–H groups in total. The number of nitrogens with zero attached hydrogens (tertiary/aromatic N) is 2. The molecule has 1 unspecified atom stereocenters. The Bertz CT molecular complexity index is 369. The first-order chi connectivity index (χ1) is 8.95. The van der Waals surface area contributed by atoms with E-state index in [2.05, 4.69) is 62.1 Å². The van der Waals surface area contributed by atoms with E-state index in [9.17, 15) is 0 Å². The molecule has 0 saturated heterocycles. The average Bonchev–Trinajstić information content (AvgIpc) is 2.75. The predicted octanol–water partition coefficient (Wildman–Crippen LogP) is 3.09. The molecule has 3 nitrogen and oxygen atoms in total. The molecule has 110 valence electrons. The summed E-state index contributed by atoms with van der Waals surface area (Å²) in [6.45, 7) is 16.6. The largest absolute Gasteiger partial charge is 0.312 e. The zero-order valence-corrected chi connectivity index (χ0v) is 14.1. The van der Waals surface area contributed by atoms with E-state index in [0.29, 0.717) is 6.04 Å². The molecule has 4 heteroatoms. The molecule has 1 rings (SSSR count). The lowest BCUT2D eigenvalue weighted by atomic mass is 9.89. The highest BCUT2D eigenvalue weighted by Crippen LogP contribution is 2.23. The van der Waals surface area contributed by atoms with Gasteiger partial charge in [0.25, 0.3) is 0 Å². The van der Waals surface area contributed by atoms with Crippen molar-refractivity contribution in [1.29, 1.82) is 0 Å². The van der Waals surface area contributed by atoms with Crippen LogP contribution in [0.5, 0.6) is 0 Å². The number of aromatic nitrogens is 1. The third-order valence-electron chi connectivity index (χ3n) is 3.93. The molecular weight excluding hydrogens is 254 g/mol. The lowest BCUT2D eigenvalue weighted by Crippen LogP contribution is -2.58. The van der Waals surface area contributed by atoms with Crippen LogP contribution in [0, 0.1) is 6.92 Å². The van der Waals surface area contributed by atoms with E-state index in [4.69, 9.17) is 0 Å². The van der Waals surface area contributed by atoms with Crippen molar-refractivity contribution in [1.82, 2.24) is 15.2 Å². The van der Waals surface area contributed by atoms with Crippen LogP contribution in [0.25, 0.3) is 0 Å². The predicted molar refractivity (Wildman–Crippen MR) is 85.0 cm³/mol. The van der Waals surface area contributed by atoms with Crippen LogP contribution in [0.2, 0.25) is 0 Å². The van der Waals surface area contributed by atoms with Crippen LogP contribution >= 0.6 is 11.3 Å². The fourth-order valence-corrected chi connectivity index (χ4v) is 3.57. The Morgan fingerprint density at radius 3 is 2.37 bits per heavy atom. The van der Waals surface area contributed by atoms with Crippen LogP contribution < -0.4 is 5.32 Å². The van der Waals surface area contributed by atoms with Crippen LogP contribution in [0.4, 0.5) is 0 Å². The van der Waals surface area contributed by atoms with E-state index < -0.39 is 0 Å². The molecule has 1 atom stereocenters. The van der Waals surface area contributed by atoms with Crippen molar-refractivity contribution < 1.29 is 0 Å². The van der Waals surface area contributed by atoms with Gasteiger partial charge in [0, 0.05) is 29.1 Å². The maximum Gasteiger partial charge on any atom is 0.0944 e. The number of aryl methyl sites for hydroxylation is 1. The molecule has 0 aromatic carbocycles. The quantitative estimate of drug-likeness (QED) is 0.794. The molecule has 0 fully saturated rings. The van der Waals surface area contributed by atoms with Crippen molar-refractivity contribution in [3.05, 3.63) is 16.1 Å². The van der Waals surface area contributed by atoms with Gasteiger partial charge in [0.15, 0.2) is 0 Å². The summed E-state index contributed by atoms with van der Waals surface area (Å²) < 4.78 is 0. The number of nitrogens with one attached hydrogen (secondary N) is 1. The number of thiazole rings is 1. The second kappa shape index (κ2) is 7.36. The molecular formula is C15H29N3S. The van der Waals surface area contributed by atoms with Gasteiger partial charge in [0.1, 0.15) is 0 Å². The maximum atomic E-state index is 4.62. The number of hydrogen-bond acceptors (Lipinski definition) is 4. The zero-order valence-electron chi connectivity index (χ0n) is 13.3. The van der Waals surface area contributed by atoms with Crippen molar-refractivity contribution in [3.63, 3.8) is 0 Å². The van der Waals surface area contributed by atoms with Gasteiger partial charge >= 0.3 is 0 Å². The average molecular weight is 283 g/mol. The van der Waals surface area contributed by atoms with E-state index >= 15 is 0 Å². The minimum absolute atomic E-state index is 0.138. The van der Waals surface area contributed by atoms with Gasteiger partial charge in [-0.3, -0.25) is 4.90 Å². The van der Waals surface area contributed by atoms with E-state index in [1.807, 2.05) is 0 Å². The third kappa shape index (κ3) is 4.26. The molecule has 0 aliphatic rings. The molecule has 1 heterocycles. The van der Waals surface area contributed by atoms with E-state index in [0.717, 1.165) is 31.7 Å². The Hall–Kier alpha value is -0.450. The van der Waals surface area contributed by atoms with Crippen LogP contribution in [-0.4, -0.2) is 41.1 Å². The van der Waals surface area contributed by atoms with E-state index in [1.54, 1.807) is 11.3 Å². The van der Waals surface area contributed by atoms with Gasteiger partial charge in [-0.2, -0.15) is 0 Å². The van der Waals surface area contributed by atoms with Crippen LogP contribution in [0.1, 0.15) is 45.3 Å². The van der Waals surface area contributed by atoms with Crippen molar-refractivity contribution in [2.75, 3.05) is 19.6 Å². The summed E-state index contributed by atoms with van der Waals surface area (Å²) in [6.07, 6.45) is 1.01. The maximum absolute atomic E-state index is 4.62. The van der Waals surface area contributed by atoms with Gasteiger partial charge in [-0.05, 0) is 40.4 Å². The first kappa shape index (κ1) is 16.6. The summed E-state index contributed by atoms with van der Waals surface area (Å²) in [5.41, 5.74) is 1.27. The fourth-order valence-electron chi connectivity index (χ4n) is 2.75. The van der Waals surface area contributed by atoms with Crippen LogP contribution in [0.15, 0.2) is 5.38 Å². The summed E-state index contributed by atoms with van der Waals surface area (Å²) in [6, 6.07) is 0.433. The van der Waals surface area contributed by atoms with Gasteiger partial charge in [-0.25, -0.2) is 4.98 Å². The summed E-state index contributed by atoms with van der Waals surface area (Å²) in [5, 5.41) is 7.04. The highest BCUT2D eigenvalue weighted by Gasteiger charge is 2.33. The Labute approximate surface area is 122 Å².